The van der Waals surface area contributed by atoms with Crippen LogP contribution in [0.5, 0.6) is 0 Å². The van der Waals surface area contributed by atoms with Crippen molar-refractivity contribution in [1.82, 2.24) is 4.72 Å². The standard InChI is InChI=1S/C13H21FN2O2S.ClH/c1-4-13(5-2,9-15)16-19(17,18)12-8-6-7-11(14)10(12)3;/h6-8,16H,4-5,9,15H2,1-3H3;1H. The minimum Gasteiger partial charge on any atom is -0.329 e. The zero-order chi connectivity index (χ0) is 14.7. The van der Waals surface area contributed by atoms with Crippen molar-refractivity contribution in [2.24, 2.45) is 5.73 Å². The lowest BCUT2D eigenvalue weighted by molar-refractivity contribution is 0.363. The van der Waals surface area contributed by atoms with Crippen LogP contribution < -0.4 is 10.5 Å². The Labute approximate surface area is 126 Å². The molecule has 20 heavy (non-hydrogen) atoms. The Kier molecular flexibility index (Phi) is 7.10. The zero-order valence-electron chi connectivity index (χ0n) is 11.9. The van der Waals surface area contributed by atoms with Crippen LogP contribution in [0, 0.1) is 12.7 Å². The number of halogens is 2. The van der Waals surface area contributed by atoms with Crippen molar-refractivity contribution in [2.75, 3.05) is 6.54 Å². The molecule has 0 radical (unpaired) electrons. The average Bonchev–Trinajstić information content (AvgIpc) is 2.39. The third-order valence-corrected chi connectivity index (χ3v) is 5.33. The minimum atomic E-state index is -3.78. The van der Waals surface area contributed by atoms with Crippen LogP contribution in [0.2, 0.25) is 0 Å². The molecular formula is C13H22ClFN2O2S. The van der Waals surface area contributed by atoms with Gasteiger partial charge in [0, 0.05) is 17.6 Å². The number of hydrogen-bond acceptors (Lipinski definition) is 3. The molecule has 3 N–H and O–H groups in total. The van der Waals surface area contributed by atoms with Gasteiger partial charge in [0.15, 0.2) is 0 Å². The van der Waals surface area contributed by atoms with Gasteiger partial charge in [0.05, 0.1) is 4.90 Å². The number of hydrogen-bond donors (Lipinski definition) is 2. The maximum Gasteiger partial charge on any atom is 0.241 e. The molecule has 1 aromatic rings. The summed E-state index contributed by atoms with van der Waals surface area (Å²) in [5.41, 5.74) is 5.12. The van der Waals surface area contributed by atoms with E-state index in [-0.39, 0.29) is 29.4 Å². The van der Waals surface area contributed by atoms with Crippen LogP contribution in [0.15, 0.2) is 23.1 Å². The molecule has 116 valence electrons. The lowest BCUT2D eigenvalue weighted by atomic mass is 9.95. The topological polar surface area (TPSA) is 72.2 Å². The summed E-state index contributed by atoms with van der Waals surface area (Å²) in [4.78, 5) is -0.0350. The van der Waals surface area contributed by atoms with E-state index < -0.39 is 21.4 Å². The van der Waals surface area contributed by atoms with E-state index >= 15 is 0 Å². The highest BCUT2D eigenvalue weighted by Crippen LogP contribution is 2.22. The molecule has 0 saturated carbocycles. The van der Waals surface area contributed by atoms with Crippen LogP contribution in [-0.4, -0.2) is 20.5 Å². The number of rotatable bonds is 6. The molecule has 0 unspecified atom stereocenters. The van der Waals surface area contributed by atoms with E-state index in [1.165, 1.54) is 25.1 Å². The van der Waals surface area contributed by atoms with Crippen LogP contribution >= 0.6 is 12.4 Å². The second-order valence-corrected chi connectivity index (χ2v) is 6.31. The Morgan fingerprint density at radius 2 is 1.85 bits per heavy atom. The lowest BCUT2D eigenvalue weighted by Gasteiger charge is -2.31. The molecule has 0 aliphatic rings. The molecule has 0 fully saturated rings. The van der Waals surface area contributed by atoms with E-state index in [9.17, 15) is 12.8 Å². The van der Waals surface area contributed by atoms with Gasteiger partial charge < -0.3 is 5.73 Å². The van der Waals surface area contributed by atoms with E-state index in [4.69, 9.17) is 5.73 Å². The van der Waals surface area contributed by atoms with Gasteiger partial charge in [0.1, 0.15) is 5.82 Å². The van der Waals surface area contributed by atoms with E-state index in [1.54, 1.807) is 0 Å². The summed E-state index contributed by atoms with van der Waals surface area (Å²) in [6.45, 7) is 5.40. The SMILES string of the molecule is CCC(CC)(CN)NS(=O)(=O)c1cccc(F)c1C.Cl. The van der Waals surface area contributed by atoms with Gasteiger partial charge >= 0.3 is 0 Å². The van der Waals surface area contributed by atoms with Crippen LogP contribution in [0.4, 0.5) is 4.39 Å². The van der Waals surface area contributed by atoms with Crippen LogP contribution in [0.1, 0.15) is 32.3 Å². The Balaban J connectivity index is 0.00000361. The maximum absolute atomic E-state index is 13.5. The Morgan fingerprint density at radius 3 is 2.30 bits per heavy atom. The molecule has 0 heterocycles. The third kappa shape index (κ3) is 3.91. The van der Waals surface area contributed by atoms with Gasteiger partial charge in [0.2, 0.25) is 10.0 Å². The monoisotopic (exact) mass is 324 g/mol. The van der Waals surface area contributed by atoms with Gasteiger partial charge in [-0.25, -0.2) is 17.5 Å². The van der Waals surface area contributed by atoms with Crippen molar-refractivity contribution < 1.29 is 12.8 Å². The van der Waals surface area contributed by atoms with E-state index in [0.717, 1.165) is 0 Å². The molecule has 0 spiro atoms. The van der Waals surface area contributed by atoms with Crippen molar-refractivity contribution >= 4 is 22.4 Å². The fourth-order valence-electron chi connectivity index (χ4n) is 1.94. The molecule has 1 rings (SSSR count). The number of sulfonamides is 1. The van der Waals surface area contributed by atoms with Gasteiger partial charge in [-0.15, -0.1) is 12.4 Å². The van der Waals surface area contributed by atoms with E-state index in [0.29, 0.717) is 12.8 Å². The van der Waals surface area contributed by atoms with Crippen molar-refractivity contribution in [1.29, 1.82) is 0 Å². The first-order valence-electron chi connectivity index (χ1n) is 6.31. The second kappa shape index (κ2) is 7.36. The molecule has 0 aliphatic heterocycles. The molecule has 4 nitrogen and oxygen atoms in total. The highest BCUT2D eigenvalue weighted by atomic mass is 35.5. The molecule has 1 aromatic carbocycles. The van der Waals surface area contributed by atoms with E-state index in [1.807, 2.05) is 13.8 Å². The summed E-state index contributed by atoms with van der Waals surface area (Å²) in [5.74, 6) is -0.533. The molecule has 0 aromatic heterocycles. The fraction of sp³-hybridized carbons (Fsp3) is 0.538. The second-order valence-electron chi connectivity index (χ2n) is 4.66. The molecule has 0 atom stereocenters. The van der Waals surface area contributed by atoms with Crippen molar-refractivity contribution in [3.8, 4) is 0 Å². The van der Waals surface area contributed by atoms with Crippen LogP contribution in [-0.2, 0) is 10.0 Å². The van der Waals surface area contributed by atoms with Gasteiger partial charge in [-0.2, -0.15) is 0 Å². The van der Waals surface area contributed by atoms with Gasteiger partial charge in [-0.1, -0.05) is 19.9 Å². The van der Waals surface area contributed by atoms with Gasteiger partial charge in [-0.3, -0.25) is 0 Å². The largest absolute Gasteiger partial charge is 0.329 e. The molecule has 0 aliphatic carbocycles. The zero-order valence-corrected chi connectivity index (χ0v) is 13.6. The van der Waals surface area contributed by atoms with Crippen molar-refractivity contribution in [3.05, 3.63) is 29.6 Å². The summed E-state index contributed by atoms with van der Waals surface area (Å²) in [6.07, 6.45) is 1.15. The highest BCUT2D eigenvalue weighted by molar-refractivity contribution is 7.89. The summed E-state index contributed by atoms with van der Waals surface area (Å²) in [6, 6.07) is 4.02. The normalized spacial score (nSPS) is 12.1. The Morgan fingerprint density at radius 1 is 1.30 bits per heavy atom. The quantitative estimate of drug-likeness (QED) is 0.843. The smallest absolute Gasteiger partial charge is 0.241 e. The minimum absolute atomic E-state index is 0. The number of nitrogens with one attached hydrogen (secondary N) is 1. The molecule has 0 saturated heterocycles. The predicted octanol–water partition coefficient (Wildman–Crippen LogP) is 2.35. The first kappa shape index (κ1) is 19.3. The van der Waals surface area contributed by atoms with E-state index in [2.05, 4.69) is 4.72 Å². The first-order chi connectivity index (χ1) is 8.82. The average molecular weight is 325 g/mol. The molecule has 0 bridgehead atoms. The number of nitrogens with two attached hydrogens (primary N) is 1. The Bertz CT molecular complexity index is 537. The maximum atomic E-state index is 13.5. The molecule has 0 amide bonds. The Hall–Kier alpha value is -0.690. The summed E-state index contributed by atoms with van der Waals surface area (Å²) >= 11 is 0. The highest BCUT2D eigenvalue weighted by Gasteiger charge is 2.31. The van der Waals surface area contributed by atoms with Crippen LogP contribution in [0.25, 0.3) is 0 Å². The summed E-state index contributed by atoms with van der Waals surface area (Å²) in [5, 5.41) is 0. The van der Waals surface area contributed by atoms with Crippen LogP contribution in [0.3, 0.4) is 0 Å². The van der Waals surface area contributed by atoms with Crippen molar-refractivity contribution in [3.63, 3.8) is 0 Å². The number of benzene rings is 1. The summed E-state index contributed by atoms with van der Waals surface area (Å²) < 4.78 is 40.8. The van der Waals surface area contributed by atoms with Gasteiger partial charge in [-0.05, 0) is 31.9 Å². The molecule has 7 heteroatoms. The van der Waals surface area contributed by atoms with Crippen molar-refractivity contribution in [2.45, 2.75) is 44.0 Å². The molecular weight excluding hydrogens is 303 g/mol. The fourth-order valence-corrected chi connectivity index (χ4v) is 3.75. The first-order valence-corrected chi connectivity index (χ1v) is 7.79. The summed E-state index contributed by atoms with van der Waals surface area (Å²) in [7, 11) is -3.78. The predicted molar refractivity (Wildman–Crippen MR) is 81.1 cm³/mol. The lowest BCUT2D eigenvalue weighted by Crippen LogP contribution is -2.52. The third-order valence-electron chi connectivity index (χ3n) is 3.60. The van der Waals surface area contributed by atoms with Gasteiger partial charge in [0.25, 0.3) is 0 Å².